The average Bonchev–Trinajstić information content (AvgIpc) is 2.82. The van der Waals surface area contributed by atoms with Crippen molar-refractivity contribution in [2.24, 2.45) is 11.8 Å². The van der Waals surface area contributed by atoms with Crippen molar-refractivity contribution in [3.8, 4) is 0 Å². The number of carbonyl (C=O) groups is 2. The van der Waals surface area contributed by atoms with Crippen molar-refractivity contribution in [2.75, 3.05) is 0 Å². The van der Waals surface area contributed by atoms with Crippen LogP contribution in [0.15, 0.2) is 36.4 Å². The number of pyridine rings is 2. The summed E-state index contributed by atoms with van der Waals surface area (Å²) in [4.78, 5) is 32.4. The molecular formula is C26H38N4O4. The fraction of sp³-hybridized carbons (Fsp3) is 0.538. The second-order valence-corrected chi connectivity index (χ2v) is 8.91. The zero-order valence-electron chi connectivity index (χ0n) is 20.6. The van der Waals surface area contributed by atoms with Gasteiger partial charge in [0.1, 0.15) is 12.1 Å². The number of nitrogens with one attached hydrogen (secondary N) is 2. The number of carboxylic acid groups (broad SMARTS) is 2. The molecular weight excluding hydrogens is 432 g/mol. The van der Waals surface area contributed by atoms with Crippen molar-refractivity contribution in [3.05, 3.63) is 59.2 Å². The second kappa shape index (κ2) is 13.8. The van der Waals surface area contributed by atoms with E-state index in [1.54, 1.807) is 0 Å². The lowest BCUT2D eigenvalue weighted by Gasteiger charge is -2.20. The first-order valence-corrected chi connectivity index (χ1v) is 12.1. The van der Waals surface area contributed by atoms with Gasteiger partial charge in [0.25, 0.3) is 0 Å². The molecule has 2 heterocycles. The van der Waals surface area contributed by atoms with Gasteiger partial charge in [-0.25, -0.2) is 0 Å². The highest BCUT2D eigenvalue weighted by molar-refractivity contribution is 5.74. The number of rotatable bonds is 15. The molecule has 0 saturated heterocycles. The molecule has 0 aliphatic rings. The molecule has 0 fully saturated rings. The Morgan fingerprint density at radius 1 is 0.735 bits per heavy atom. The summed E-state index contributed by atoms with van der Waals surface area (Å²) in [7, 11) is 0. The number of aryl methyl sites for hydroxylation is 2. The van der Waals surface area contributed by atoms with E-state index in [1.807, 2.05) is 64.1 Å². The number of carboxylic acids is 2. The number of hydrogen-bond acceptors (Lipinski definition) is 6. The van der Waals surface area contributed by atoms with Gasteiger partial charge >= 0.3 is 11.9 Å². The SMILES string of the molecule is CC[C@@H](C)[C@H](NCc1cccc(CCc2cccc(CN[C@H](C(=O)O)[C@H](C)CC)n2)n1)C(=O)O. The van der Waals surface area contributed by atoms with Gasteiger partial charge < -0.3 is 10.2 Å². The minimum Gasteiger partial charge on any atom is -0.480 e. The van der Waals surface area contributed by atoms with E-state index in [0.717, 1.165) is 35.6 Å². The van der Waals surface area contributed by atoms with E-state index in [1.165, 1.54) is 0 Å². The maximum atomic E-state index is 11.5. The van der Waals surface area contributed by atoms with Crippen molar-refractivity contribution in [3.63, 3.8) is 0 Å². The Morgan fingerprint density at radius 2 is 1.09 bits per heavy atom. The van der Waals surface area contributed by atoms with Crippen LogP contribution >= 0.6 is 0 Å². The summed E-state index contributed by atoms with van der Waals surface area (Å²) in [5.41, 5.74) is 3.45. The van der Waals surface area contributed by atoms with Crippen LogP contribution in [0.25, 0.3) is 0 Å². The van der Waals surface area contributed by atoms with Gasteiger partial charge in [0.05, 0.1) is 11.4 Å². The molecule has 0 aliphatic heterocycles. The first-order chi connectivity index (χ1) is 16.2. The van der Waals surface area contributed by atoms with Crippen LogP contribution in [-0.4, -0.2) is 44.2 Å². The molecule has 34 heavy (non-hydrogen) atoms. The molecule has 0 aliphatic carbocycles. The Kier molecular flexibility index (Phi) is 11.1. The van der Waals surface area contributed by atoms with E-state index in [2.05, 4.69) is 20.6 Å². The predicted molar refractivity (Wildman–Crippen MR) is 131 cm³/mol. The van der Waals surface area contributed by atoms with Gasteiger partial charge in [-0.1, -0.05) is 52.7 Å². The minimum absolute atomic E-state index is 0.0319. The van der Waals surface area contributed by atoms with Gasteiger partial charge in [0.15, 0.2) is 0 Å². The first kappa shape index (κ1) is 27.4. The third-order valence-electron chi connectivity index (χ3n) is 6.33. The average molecular weight is 471 g/mol. The molecule has 2 aromatic heterocycles. The Labute approximate surface area is 202 Å². The quantitative estimate of drug-likeness (QED) is 0.312. The van der Waals surface area contributed by atoms with Crippen molar-refractivity contribution in [2.45, 2.75) is 78.6 Å². The van der Waals surface area contributed by atoms with Gasteiger partial charge in [0, 0.05) is 24.5 Å². The zero-order chi connectivity index (χ0) is 25.1. The minimum atomic E-state index is -0.843. The topological polar surface area (TPSA) is 124 Å². The molecule has 0 amide bonds. The molecule has 2 aromatic rings. The van der Waals surface area contributed by atoms with E-state index in [4.69, 9.17) is 0 Å². The van der Waals surface area contributed by atoms with Crippen molar-refractivity contribution >= 4 is 11.9 Å². The van der Waals surface area contributed by atoms with Gasteiger partial charge in [0.2, 0.25) is 0 Å². The molecule has 8 nitrogen and oxygen atoms in total. The lowest BCUT2D eigenvalue weighted by atomic mass is 9.99. The highest BCUT2D eigenvalue weighted by Crippen LogP contribution is 2.11. The monoisotopic (exact) mass is 470 g/mol. The highest BCUT2D eigenvalue weighted by atomic mass is 16.4. The fourth-order valence-corrected chi connectivity index (χ4v) is 3.75. The molecule has 0 radical (unpaired) electrons. The summed E-state index contributed by atoms with van der Waals surface area (Å²) >= 11 is 0. The van der Waals surface area contributed by atoms with Crippen LogP contribution in [0.3, 0.4) is 0 Å². The number of nitrogens with zero attached hydrogens (tertiary/aromatic N) is 2. The summed E-state index contributed by atoms with van der Waals surface area (Å²) < 4.78 is 0. The van der Waals surface area contributed by atoms with E-state index in [-0.39, 0.29) is 11.8 Å². The standard InChI is InChI=1S/C26H38N4O4/c1-5-17(3)23(25(31)32)27-15-21-11-7-9-19(29-21)13-14-20-10-8-12-22(30-20)16-28-24(26(33)34)18(4)6-2/h7-12,17-18,23-24,27-28H,5-6,13-16H2,1-4H3,(H,31,32)(H,33,34)/t17-,18-,23+,24+/m1/s1. The molecule has 0 spiro atoms. The zero-order valence-corrected chi connectivity index (χ0v) is 20.6. The van der Waals surface area contributed by atoms with Gasteiger partial charge in [-0.05, 0) is 48.9 Å². The number of aliphatic carboxylic acids is 2. The van der Waals surface area contributed by atoms with Crippen LogP contribution < -0.4 is 10.6 Å². The van der Waals surface area contributed by atoms with Crippen molar-refractivity contribution < 1.29 is 19.8 Å². The van der Waals surface area contributed by atoms with Crippen molar-refractivity contribution in [1.29, 1.82) is 0 Å². The Hall–Kier alpha value is -2.84. The lowest BCUT2D eigenvalue weighted by molar-refractivity contribution is -0.141. The molecule has 2 rings (SSSR count). The Balaban J connectivity index is 1.94. The summed E-state index contributed by atoms with van der Waals surface area (Å²) in [6.45, 7) is 8.62. The molecule has 0 unspecified atom stereocenters. The molecule has 8 heteroatoms. The van der Waals surface area contributed by atoms with Gasteiger partial charge in [-0.15, -0.1) is 0 Å². The van der Waals surface area contributed by atoms with Crippen LogP contribution in [0.1, 0.15) is 63.3 Å². The largest absolute Gasteiger partial charge is 0.480 e. The summed E-state index contributed by atoms with van der Waals surface area (Å²) in [6.07, 6.45) is 2.98. The highest BCUT2D eigenvalue weighted by Gasteiger charge is 2.23. The van der Waals surface area contributed by atoms with Crippen LogP contribution in [0, 0.1) is 11.8 Å². The summed E-state index contributed by atoms with van der Waals surface area (Å²) in [5.74, 6) is -1.62. The third kappa shape index (κ3) is 8.50. The van der Waals surface area contributed by atoms with Crippen LogP contribution in [0.4, 0.5) is 0 Å². The van der Waals surface area contributed by atoms with E-state index < -0.39 is 24.0 Å². The summed E-state index contributed by atoms with van der Waals surface area (Å²) in [6, 6.07) is 10.4. The Morgan fingerprint density at radius 3 is 1.41 bits per heavy atom. The van der Waals surface area contributed by atoms with Gasteiger partial charge in [-0.2, -0.15) is 0 Å². The van der Waals surface area contributed by atoms with E-state index >= 15 is 0 Å². The van der Waals surface area contributed by atoms with E-state index in [0.29, 0.717) is 25.9 Å². The molecule has 186 valence electrons. The smallest absolute Gasteiger partial charge is 0.320 e. The molecule has 4 atom stereocenters. The third-order valence-corrected chi connectivity index (χ3v) is 6.33. The normalized spacial score (nSPS) is 14.8. The number of aromatic nitrogens is 2. The van der Waals surface area contributed by atoms with Gasteiger partial charge in [-0.3, -0.25) is 30.2 Å². The number of hydrogen-bond donors (Lipinski definition) is 4. The maximum absolute atomic E-state index is 11.5. The first-order valence-electron chi connectivity index (χ1n) is 12.1. The maximum Gasteiger partial charge on any atom is 0.320 e. The predicted octanol–water partition coefficient (Wildman–Crippen LogP) is 3.44. The summed E-state index contributed by atoms with van der Waals surface area (Å²) in [5, 5.41) is 25.1. The molecule has 4 N–H and O–H groups in total. The molecule has 0 aromatic carbocycles. The second-order valence-electron chi connectivity index (χ2n) is 8.91. The lowest BCUT2D eigenvalue weighted by Crippen LogP contribution is -2.41. The molecule has 0 bridgehead atoms. The van der Waals surface area contributed by atoms with Crippen molar-refractivity contribution in [1.82, 2.24) is 20.6 Å². The Bertz CT molecular complexity index is 861. The van der Waals surface area contributed by atoms with E-state index in [9.17, 15) is 19.8 Å². The fourth-order valence-electron chi connectivity index (χ4n) is 3.75. The van der Waals surface area contributed by atoms with Crippen LogP contribution in [0.2, 0.25) is 0 Å². The van der Waals surface area contributed by atoms with Crippen LogP contribution in [0.5, 0.6) is 0 Å². The van der Waals surface area contributed by atoms with Crippen LogP contribution in [-0.2, 0) is 35.5 Å². The molecule has 0 saturated carbocycles.